The molecule has 0 bridgehead atoms. The SMILES string of the molecule is CCOC(=O)CCCCCc1cc(=O)c2ccccc2o1. The van der Waals surface area contributed by atoms with Crippen molar-refractivity contribution in [2.24, 2.45) is 0 Å². The summed E-state index contributed by atoms with van der Waals surface area (Å²) in [7, 11) is 0. The van der Waals surface area contributed by atoms with Gasteiger partial charge in [-0.1, -0.05) is 18.6 Å². The number of hydrogen-bond acceptors (Lipinski definition) is 4. The number of unbranched alkanes of at least 4 members (excludes halogenated alkanes) is 2. The highest BCUT2D eigenvalue weighted by Crippen LogP contribution is 2.14. The molecule has 0 saturated carbocycles. The Morgan fingerprint density at radius 1 is 1.19 bits per heavy atom. The highest BCUT2D eigenvalue weighted by atomic mass is 16.5. The van der Waals surface area contributed by atoms with E-state index in [1.54, 1.807) is 25.1 Å². The number of para-hydroxylation sites is 1. The average molecular weight is 288 g/mol. The van der Waals surface area contributed by atoms with Crippen LogP contribution in [0.4, 0.5) is 0 Å². The van der Waals surface area contributed by atoms with Gasteiger partial charge < -0.3 is 9.15 Å². The highest BCUT2D eigenvalue weighted by Gasteiger charge is 2.05. The summed E-state index contributed by atoms with van der Waals surface area (Å²) in [6.45, 7) is 2.24. The predicted molar refractivity (Wildman–Crippen MR) is 81.3 cm³/mol. The molecule has 0 aliphatic rings. The molecule has 0 amide bonds. The third-order valence-corrected chi connectivity index (χ3v) is 3.30. The topological polar surface area (TPSA) is 56.5 Å². The number of benzene rings is 1. The standard InChI is InChI=1S/C17H20O4/c1-2-20-17(19)11-5-3-4-8-13-12-15(18)14-9-6-7-10-16(14)21-13/h6-7,9-10,12H,2-5,8,11H2,1H3. The Morgan fingerprint density at radius 3 is 2.81 bits per heavy atom. The molecule has 0 unspecified atom stereocenters. The van der Waals surface area contributed by atoms with Crippen molar-refractivity contribution in [2.45, 2.75) is 39.0 Å². The van der Waals surface area contributed by atoms with Gasteiger partial charge in [-0.2, -0.15) is 0 Å². The first-order valence-corrected chi connectivity index (χ1v) is 7.38. The maximum Gasteiger partial charge on any atom is 0.305 e. The zero-order valence-corrected chi connectivity index (χ0v) is 12.3. The molecule has 4 heteroatoms. The smallest absolute Gasteiger partial charge is 0.305 e. The monoisotopic (exact) mass is 288 g/mol. The molecule has 0 saturated heterocycles. The van der Waals surface area contributed by atoms with Crippen molar-refractivity contribution in [3.8, 4) is 0 Å². The Morgan fingerprint density at radius 2 is 2.00 bits per heavy atom. The number of rotatable bonds is 7. The second-order valence-electron chi connectivity index (χ2n) is 4.94. The van der Waals surface area contributed by atoms with Crippen LogP contribution in [-0.2, 0) is 16.0 Å². The van der Waals surface area contributed by atoms with E-state index in [0.717, 1.165) is 19.3 Å². The van der Waals surface area contributed by atoms with Crippen LogP contribution in [0.3, 0.4) is 0 Å². The normalized spacial score (nSPS) is 10.7. The lowest BCUT2D eigenvalue weighted by molar-refractivity contribution is -0.143. The van der Waals surface area contributed by atoms with E-state index in [9.17, 15) is 9.59 Å². The Kier molecular flexibility index (Phi) is 5.55. The summed E-state index contributed by atoms with van der Waals surface area (Å²) in [5.41, 5.74) is 0.630. The van der Waals surface area contributed by atoms with Gasteiger partial charge >= 0.3 is 5.97 Å². The molecule has 0 fully saturated rings. The second kappa shape index (κ2) is 7.62. The Bertz CT molecular complexity index is 657. The fourth-order valence-corrected chi connectivity index (χ4v) is 2.26. The van der Waals surface area contributed by atoms with Gasteiger partial charge in [0.2, 0.25) is 0 Å². The third-order valence-electron chi connectivity index (χ3n) is 3.30. The first-order chi connectivity index (χ1) is 10.2. The van der Waals surface area contributed by atoms with Crippen molar-refractivity contribution in [1.29, 1.82) is 0 Å². The van der Waals surface area contributed by atoms with Crippen molar-refractivity contribution >= 4 is 16.9 Å². The van der Waals surface area contributed by atoms with Crippen molar-refractivity contribution in [3.63, 3.8) is 0 Å². The second-order valence-corrected chi connectivity index (χ2v) is 4.94. The fourth-order valence-electron chi connectivity index (χ4n) is 2.26. The molecule has 21 heavy (non-hydrogen) atoms. The van der Waals surface area contributed by atoms with Crippen LogP contribution in [0.15, 0.2) is 39.5 Å². The molecule has 0 radical (unpaired) electrons. The molecule has 1 heterocycles. The molecule has 1 aromatic carbocycles. The maximum absolute atomic E-state index is 11.9. The van der Waals surface area contributed by atoms with Gasteiger partial charge in [-0.25, -0.2) is 0 Å². The summed E-state index contributed by atoms with van der Waals surface area (Å²) in [4.78, 5) is 23.1. The largest absolute Gasteiger partial charge is 0.466 e. The number of carbonyl (C=O) groups is 1. The van der Waals surface area contributed by atoms with E-state index in [-0.39, 0.29) is 11.4 Å². The maximum atomic E-state index is 11.9. The first-order valence-electron chi connectivity index (χ1n) is 7.38. The van der Waals surface area contributed by atoms with E-state index in [2.05, 4.69) is 0 Å². The van der Waals surface area contributed by atoms with Crippen molar-refractivity contribution in [1.82, 2.24) is 0 Å². The lowest BCUT2D eigenvalue weighted by atomic mass is 10.1. The first kappa shape index (κ1) is 15.3. The summed E-state index contributed by atoms with van der Waals surface area (Å²) in [6, 6.07) is 8.82. The van der Waals surface area contributed by atoms with E-state index in [1.807, 2.05) is 12.1 Å². The van der Waals surface area contributed by atoms with Crippen LogP contribution in [-0.4, -0.2) is 12.6 Å². The average Bonchev–Trinajstić information content (AvgIpc) is 2.47. The number of hydrogen-bond donors (Lipinski definition) is 0. The van der Waals surface area contributed by atoms with Crippen molar-refractivity contribution in [2.75, 3.05) is 6.61 Å². The molecule has 2 rings (SSSR count). The van der Waals surface area contributed by atoms with Crippen LogP contribution < -0.4 is 5.43 Å². The Balaban J connectivity index is 1.84. The predicted octanol–water partition coefficient (Wildman–Crippen LogP) is 3.46. The van der Waals surface area contributed by atoms with E-state index in [0.29, 0.717) is 36.2 Å². The van der Waals surface area contributed by atoms with Crippen LogP contribution in [0.1, 0.15) is 38.4 Å². The van der Waals surface area contributed by atoms with Crippen molar-refractivity contribution < 1.29 is 13.9 Å². The number of fused-ring (bicyclic) bond motifs is 1. The molecule has 112 valence electrons. The zero-order chi connectivity index (χ0) is 15.1. The van der Waals surface area contributed by atoms with Gasteiger partial charge in [-0.15, -0.1) is 0 Å². The van der Waals surface area contributed by atoms with E-state index < -0.39 is 0 Å². The van der Waals surface area contributed by atoms with Gasteiger partial charge in [-0.05, 0) is 31.9 Å². The van der Waals surface area contributed by atoms with E-state index in [1.165, 1.54) is 0 Å². The summed E-state index contributed by atoms with van der Waals surface area (Å²) >= 11 is 0. The van der Waals surface area contributed by atoms with E-state index in [4.69, 9.17) is 9.15 Å². The number of esters is 1. The molecule has 4 nitrogen and oxygen atoms in total. The Labute approximate surface area is 123 Å². The van der Waals surface area contributed by atoms with Crippen LogP contribution in [0.25, 0.3) is 11.0 Å². The van der Waals surface area contributed by atoms with Gasteiger partial charge in [0.05, 0.1) is 12.0 Å². The zero-order valence-electron chi connectivity index (χ0n) is 12.3. The minimum Gasteiger partial charge on any atom is -0.466 e. The van der Waals surface area contributed by atoms with Crippen LogP contribution in [0.5, 0.6) is 0 Å². The van der Waals surface area contributed by atoms with E-state index >= 15 is 0 Å². The molecular formula is C17H20O4. The van der Waals surface area contributed by atoms with Crippen LogP contribution >= 0.6 is 0 Å². The summed E-state index contributed by atoms with van der Waals surface area (Å²) in [6.07, 6.45) is 3.77. The summed E-state index contributed by atoms with van der Waals surface area (Å²) in [5, 5.41) is 0.614. The quantitative estimate of drug-likeness (QED) is 0.578. The minimum absolute atomic E-state index is 0.00151. The molecule has 2 aromatic rings. The van der Waals surface area contributed by atoms with Gasteiger partial charge in [0, 0.05) is 18.9 Å². The van der Waals surface area contributed by atoms with Crippen molar-refractivity contribution in [3.05, 3.63) is 46.3 Å². The van der Waals surface area contributed by atoms with Gasteiger partial charge in [0.25, 0.3) is 0 Å². The van der Waals surface area contributed by atoms with Gasteiger partial charge in [-0.3, -0.25) is 9.59 Å². The van der Waals surface area contributed by atoms with Crippen LogP contribution in [0, 0.1) is 0 Å². The lowest BCUT2D eigenvalue weighted by Gasteiger charge is -2.03. The molecule has 0 N–H and O–H groups in total. The number of ether oxygens (including phenoxy) is 1. The molecule has 0 aliphatic carbocycles. The minimum atomic E-state index is -0.144. The van der Waals surface area contributed by atoms with Gasteiger partial charge in [0.1, 0.15) is 11.3 Å². The molecular weight excluding hydrogens is 268 g/mol. The summed E-state index contributed by atoms with van der Waals surface area (Å²) < 4.78 is 10.6. The third kappa shape index (κ3) is 4.45. The molecule has 1 aromatic heterocycles. The molecule has 0 spiro atoms. The molecule has 0 aliphatic heterocycles. The number of aryl methyl sites for hydroxylation is 1. The number of carbonyl (C=O) groups excluding carboxylic acids is 1. The fraction of sp³-hybridized carbons (Fsp3) is 0.412. The highest BCUT2D eigenvalue weighted by molar-refractivity contribution is 5.76. The summed E-state index contributed by atoms with van der Waals surface area (Å²) in [5.74, 6) is 0.560. The van der Waals surface area contributed by atoms with Crippen LogP contribution in [0.2, 0.25) is 0 Å². The molecule has 0 atom stereocenters. The van der Waals surface area contributed by atoms with Gasteiger partial charge in [0.15, 0.2) is 5.43 Å². The lowest BCUT2D eigenvalue weighted by Crippen LogP contribution is -2.04. The Hall–Kier alpha value is -2.10.